The molecule has 0 spiro atoms. The van der Waals surface area contributed by atoms with Crippen LogP contribution in [0.2, 0.25) is 0 Å². The molecular formula is C37H34N2O3S. The molecule has 0 aliphatic carbocycles. The van der Waals surface area contributed by atoms with Gasteiger partial charge in [-0.3, -0.25) is 0 Å². The van der Waals surface area contributed by atoms with E-state index in [-0.39, 0.29) is 22.4 Å². The van der Waals surface area contributed by atoms with Crippen molar-refractivity contribution in [1.29, 1.82) is 0 Å². The van der Waals surface area contributed by atoms with Crippen LogP contribution in [0.5, 0.6) is 0 Å². The Morgan fingerprint density at radius 1 is 0.698 bits per heavy atom. The van der Waals surface area contributed by atoms with Gasteiger partial charge in [-0.15, -0.1) is 0 Å². The molecular weight excluding hydrogens is 552 g/mol. The zero-order chi connectivity index (χ0) is 30.2. The van der Waals surface area contributed by atoms with Crippen molar-refractivity contribution in [3.8, 4) is 11.1 Å². The maximum Gasteiger partial charge on any atom is 0.245 e. The van der Waals surface area contributed by atoms with Crippen LogP contribution in [0.4, 0.5) is 11.4 Å². The molecule has 6 rings (SSSR count). The van der Waals surface area contributed by atoms with Crippen LogP contribution in [0.25, 0.3) is 11.1 Å². The van der Waals surface area contributed by atoms with Crippen molar-refractivity contribution in [3.63, 3.8) is 0 Å². The second kappa shape index (κ2) is 11.3. The average molecular weight is 587 g/mol. The molecule has 5 nitrogen and oxygen atoms in total. The Morgan fingerprint density at radius 3 is 1.86 bits per heavy atom. The first kappa shape index (κ1) is 28.6. The van der Waals surface area contributed by atoms with E-state index < -0.39 is 10.1 Å². The first-order valence-corrected chi connectivity index (χ1v) is 15.8. The van der Waals surface area contributed by atoms with E-state index in [1.54, 1.807) is 18.2 Å². The van der Waals surface area contributed by atoms with E-state index in [2.05, 4.69) is 80.3 Å². The Kier molecular flexibility index (Phi) is 7.50. The number of rotatable bonds is 6. The SMILES string of the molecule is CC(C)(C)c1ccc(-c2ccccc2)c(N2C=[N+](c3ccccc3S(=O)(=O)[O-])[C@@H](c3ccccc3)[C@@H]2c2ccccc2)c1. The van der Waals surface area contributed by atoms with E-state index in [1.165, 1.54) is 11.6 Å². The van der Waals surface area contributed by atoms with Crippen LogP contribution in [0.3, 0.4) is 0 Å². The zero-order valence-electron chi connectivity index (χ0n) is 24.5. The maximum absolute atomic E-state index is 12.5. The van der Waals surface area contributed by atoms with Gasteiger partial charge >= 0.3 is 0 Å². The zero-order valence-corrected chi connectivity index (χ0v) is 25.3. The first-order chi connectivity index (χ1) is 20.6. The minimum Gasteiger partial charge on any atom is -0.744 e. The molecule has 1 aliphatic heterocycles. The summed E-state index contributed by atoms with van der Waals surface area (Å²) in [5, 5.41) is 0. The number of hydrogen-bond donors (Lipinski definition) is 0. The Hall–Kier alpha value is -4.52. The van der Waals surface area contributed by atoms with E-state index in [0.29, 0.717) is 5.69 Å². The summed E-state index contributed by atoms with van der Waals surface area (Å²) in [7, 11) is -4.75. The van der Waals surface area contributed by atoms with Gasteiger partial charge < -0.3 is 4.55 Å². The molecule has 0 amide bonds. The largest absolute Gasteiger partial charge is 0.744 e. The highest BCUT2D eigenvalue weighted by Gasteiger charge is 2.47. The topological polar surface area (TPSA) is 63.5 Å². The molecule has 0 N–H and O–H groups in total. The molecule has 0 radical (unpaired) electrons. The van der Waals surface area contributed by atoms with Crippen LogP contribution < -0.4 is 4.90 Å². The molecule has 0 saturated heterocycles. The molecule has 5 aromatic rings. The van der Waals surface area contributed by atoms with E-state index in [1.807, 2.05) is 65.5 Å². The van der Waals surface area contributed by atoms with Gasteiger partial charge in [0, 0.05) is 16.7 Å². The van der Waals surface area contributed by atoms with Crippen LogP contribution in [-0.2, 0) is 15.5 Å². The van der Waals surface area contributed by atoms with Crippen LogP contribution >= 0.6 is 0 Å². The number of anilines is 1. The summed E-state index contributed by atoms with van der Waals surface area (Å²) in [6.45, 7) is 6.60. The highest BCUT2D eigenvalue weighted by molar-refractivity contribution is 7.85. The second-order valence-electron chi connectivity index (χ2n) is 11.9. The number of para-hydroxylation sites is 1. The Labute approximate surface area is 254 Å². The van der Waals surface area contributed by atoms with Crippen molar-refractivity contribution in [2.45, 2.75) is 43.2 Å². The molecule has 6 heteroatoms. The minimum atomic E-state index is -4.75. The van der Waals surface area contributed by atoms with Crippen molar-refractivity contribution in [2.24, 2.45) is 0 Å². The molecule has 0 unspecified atom stereocenters. The summed E-state index contributed by atoms with van der Waals surface area (Å²) < 4.78 is 39.6. The van der Waals surface area contributed by atoms with Crippen LogP contribution in [0.15, 0.2) is 138 Å². The van der Waals surface area contributed by atoms with Gasteiger partial charge in [0.05, 0.1) is 0 Å². The minimum absolute atomic E-state index is 0.103. The molecule has 0 saturated carbocycles. The summed E-state index contributed by atoms with van der Waals surface area (Å²) in [5.41, 5.74) is 6.63. The predicted octanol–water partition coefficient (Wildman–Crippen LogP) is 8.23. The average Bonchev–Trinajstić information content (AvgIpc) is 3.42. The summed E-state index contributed by atoms with van der Waals surface area (Å²) in [4.78, 5) is 2.01. The van der Waals surface area contributed by atoms with Gasteiger partial charge in [0.15, 0.2) is 12.1 Å². The Bertz CT molecular complexity index is 1880. The Balaban J connectivity index is 1.69. The van der Waals surface area contributed by atoms with Gasteiger partial charge in [-0.2, -0.15) is 0 Å². The summed E-state index contributed by atoms with van der Waals surface area (Å²) >= 11 is 0. The summed E-state index contributed by atoms with van der Waals surface area (Å²) in [6, 6.07) is 43.1. The molecule has 216 valence electrons. The van der Waals surface area contributed by atoms with Crippen LogP contribution in [-0.4, -0.2) is 23.9 Å². The predicted molar refractivity (Wildman–Crippen MR) is 172 cm³/mol. The lowest BCUT2D eigenvalue weighted by Gasteiger charge is -2.27. The normalized spacial score (nSPS) is 17.1. The molecule has 0 fully saturated rings. The van der Waals surface area contributed by atoms with E-state index in [4.69, 9.17) is 0 Å². The third-order valence-electron chi connectivity index (χ3n) is 8.07. The Morgan fingerprint density at radius 2 is 1.26 bits per heavy atom. The van der Waals surface area contributed by atoms with E-state index in [0.717, 1.165) is 27.9 Å². The lowest BCUT2D eigenvalue weighted by Crippen LogP contribution is -2.27. The maximum atomic E-state index is 12.5. The lowest BCUT2D eigenvalue weighted by atomic mass is 9.85. The fourth-order valence-electron chi connectivity index (χ4n) is 5.95. The molecule has 43 heavy (non-hydrogen) atoms. The van der Waals surface area contributed by atoms with Gasteiger partial charge in [0.1, 0.15) is 26.4 Å². The smallest absolute Gasteiger partial charge is 0.245 e. The van der Waals surface area contributed by atoms with Gasteiger partial charge in [-0.05, 0) is 40.8 Å². The van der Waals surface area contributed by atoms with Crippen molar-refractivity contribution in [3.05, 3.63) is 150 Å². The van der Waals surface area contributed by atoms with Crippen molar-refractivity contribution < 1.29 is 17.5 Å². The van der Waals surface area contributed by atoms with Gasteiger partial charge in [-0.1, -0.05) is 130 Å². The van der Waals surface area contributed by atoms with Crippen molar-refractivity contribution in [1.82, 2.24) is 0 Å². The van der Waals surface area contributed by atoms with Crippen molar-refractivity contribution >= 4 is 27.8 Å². The third kappa shape index (κ3) is 5.64. The van der Waals surface area contributed by atoms with Gasteiger partial charge in [0.25, 0.3) is 0 Å². The third-order valence-corrected chi connectivity index (χ3v) is 8.95. The lowest BCUT2D eigenvalue weighted by molar-refractivity contribution is -0.483. The first-order valence-electron chi connectivity index (χ1n) is 14.4. The summed E-state index contributed by atoms with van der Waals surface area (Å²) in [6.07, 6.45) is 1.98. The fourth-order valence-corrected chi connectivity index (χ4v) is 6.62. The molecule has 0 bridgehead atoms. The van der Waals surface area contributed by atoms with Gasteiger partial charge in [0.2, 0.25) is 6.34 Å². The number of benzene rings is 5. The quantitative estimate of drug-likeness (QED) is 0.149. The fraction of sp³-hybridized carbons (Fsp3) is 0.162. The van der Waals surface area contributed by atoms with E-state index in [9.17, 15) is 13.0 Å². The number of nitrogens with zero attached hydrogens (tertiary/aromatic N) is 2. The highest BCUT2D eigenvalue weighted by Crippen LogP contribution is 2.48. The van der Waals surface area contributed by atoms with Gasteiger partial charge in [-0.25, -0.2) is 17.9 Å². The van der Waals surface area contributed by atoms with E-state index >= 15 is 0 Å². The van der Waals surface area contributed by atoms with Crippen LogP contribution in [0.1, 0.15) is 49.5 Å². The summed E-state index contributed by atoms with van der Waals surface area (Å²) in [5.74, 6) is 0. The molecule has 2 atom stereocenters. The molecule has 1 heterocycles. The highest BCUT2D eigenvalue weighted by atomic mass is 32.2. The molecule has 5 aromatic carbocycles. The monoisotopic (exact) mass is 586 g/mol. The standard InChI is InChI=1S/C37H34N2O3S/c1-37(2,3)30-23-24-31(27-15-7-4-8-16-27)33(25-30)39-26-38(32-21-13-14-22-34(32)43(40,41)42)35(28-17-9-5-10-18-28)36(39)29-19-11-6-12-20-29/h4-26,35-36H,1-3H3/t35-,36-/m0/s1. The van der Waals surface area contributed by atoms with Crippen molar-refractivity contribution in [2.75, 3.05) is 4.90 Å². The molecule has 0 aromatic heterocycles. The molecule has 1 aliphatic rings. The van der Waals surface area contributed by atoms with Crippen LogP contribution in [0, 0.1) is 0 Å². The second-order valence-corrected chi connectivity index (χ2v) is 13.3. The number of hydrogen-bond acceptors (Lipinski definition) is 4.